The lowest BCUT2D eigenvalue weighted by Crippen LogP contribution is -2.41. The Hall–Kier alpha value is -2.49. The van der Waals surface area contributed by atoms with Gasteiger partial charge >= 0.3 is 18.1 Å². The molecule has 0 bridgehead atoms. The summed E-state index contributed by atoms with van der Waals surface area (Å²) in [5, 5.41) is 0. The molecule has 0 aromatic carbocycles. The van der Waals surface area contributed by atoms with Crippen molar-refractivity contribution in [1.82, 2.24) is 9.80 Å². The van der Waals surface area contributed by atoms with Gasteiger partial charge in [0.25, 0.3) is 0 Å². The van der Waals surface area contributed by atoms with Crippen molar-refractivity contribution in [3.05, 3.63) is 22.9 Å². The number of aliphatic imine (C=N–C) groups is 2. The van der Waals surface area contributed by atoms with E-state index in [1.165, 1.54) is 0 Å². The topological polar surface area (TPSA) is 74.6 Å². The number of nitrogens with zero attached hydrogens (tertiary/aromatic N) is 4. The number of rotatable bonds is 5. The van der Waals surface area contributed by atoms with E-state index in [2.05, 4.69) is 4.90 Å². The van der Waals surface area contributed by atoms with Crippen LogP contribution in [0.5, 0.6) is 0 Å². The zero-order valence-corrected chi connectivity index (χ0v) is 21.3. The summed E-state index contributed by atoms with van der Waals surface area (Å²) in [7, 11) is 0. The Bertz CT molecular complexity index is 1010. The highest BCUT2D eigenvalue weighted by Crippen LogP contribution is 2.34. The number of halogens is 3. The Morgan fingerprint density at radius 2 is 1.75 bits per heavy atom. The number of alkyl halides is 3. The Morgan fingerprint density at radius 3 is 2.42 bits per heavy atom. The zero-order chi connectivity index (χ0) is 26.1. The van der Waals surface area contributed by atoms with Gasteiger partial charge in [0, 0.05) is 25.9 Å². The van der Waals surface area contributed by atoms with E-state index in [0.717, 1.165) is 72.1 Å². The van der Waals surface area contributed by atoms with Gasteiger partial charge in [-0.05, 0) is 83.5 Å². The average molecular weight is 509 g/mol. The number of hydrogen-bond donors (Lipinski definition) is 0. The number of allylic oxidation sites excluding steroid dienone is 2. The van der Waals surface area contributed by atoms with Crippen LogP contribution in [0.15, 0.2) is 32.9 Å². The van der Waals surface area contributed by atoms with Crippen LogP contribution in [0.4, 0.5) is 13.2 Å². The first kappa shape index (κ1) is 26.6. The van der Waals surface area contributed by atoms with E-state index in [4.69, 9.17) is 14.7 Å². The summed E-state index contributed by atoms with van der Waals surface area (Å²) in [4.78, 5) is 36.2. The van der Waals surface area contributed by atoms with Crippen molar-refractivity contribution in [3.63, 3.8) is 0 Å². The molecule has 0 spiro atoms. The number of hydrogen-bond acceptors (Lipinski definition) is 6. The number of amidine groups is 1. The molecular formula is C26H35F3N4O3. The molecule has 1 aliphatic carbocycles. The number of likely N-dealkylation sites (tertiary alicyclic amines) is 1. The van der Waals surface area contributed by atoms with E-state index in [0.29, 0.717) is 31.7 Å². The first-order valence-electron chi connectivity index (χ1n) is 12.8. The summed E-state index contributed by atoms with van der Waals surface area (Å²) < 4.78 is 43.9. The van der Waals surface area contributed by atoms with Gasteiger partial charge in [0.1, 0.15) is 11.4 Å². The van der Waals surface area contributed by atoms with Crippen molar-refractivity contribution in [3.8, 4) is 0 Å². The monoisotopic (exact) mass is 508 g/mol. The number of ether oxygens (including phenoxy) is 1. The maximum absolute atomic E-state index is 12.8. The molecule has 0 saturated carbocycles. The summed E-state index contributed by atoms with van der Waals surface area (Å²) in [5.41, 5.74) is 3.28. The SMILES string of the molecule is CC(C)(C)OC(=O)CN1CCC(CCC2=NC3=CC4=C(CCN(C(=O)C(F)(F)F)CC4)CC3=N2)CC1. The standard InChI is InChI=1S/C26H35F3N4O3/c1-25(2,3)36-23(34)16-32-10-6-17(7-11-32)4-5-22-30-20-14-18-8-12-33(24(35)26(27,28)29)13-9-19(18)15-21(20)31-22/h14,17H,4-13,15-16H2,1-3H3. The van der Waals surface area contributed by atoms with E-state index in [1.54, 1.807) is 0 Å². The van der Waals surface area contributed by atoms with Crippen molar-refractivity contribution in [2.24, 2.45) is 15.9 Å². The third kappa shape index (κ3) is 6.83. The van der Waals surface area contributed by atoms with Crippen molar-refractivity contribution < 1.29 is 27.5 Å². The second kappa shape index (κ2) is 10.5. The van der Waals surface area contributed by atoms with Gasteiger partial charge < -0.3 is 9.64 Å². The van der Waals surface area contributed by atoms with E-state index in [1.807, 2.05) is 26.8 Å². The Balaban J connectivity index is 1.24. The summed E-state index contributed by atoms with van der Waals surface area (Å²) in [5.74, 6) is -0.562. The average Bonchev–Trinajstić information content (AvgIpc) is 3.06. The van der Waals surface area contributed by atoms with Crippen LogP contribution in [0, 0.1) is 5.92 Å². The summed E-state index contributed by atoms with van der Waals surface area (Å²) in [6.45, 7) is 7.85. The number of piperidine rings is 1. The first-order valence-corrected chi connectivity index (χ1v) is 12.8. The second-order valence-electron chi connectivity index (χ2n) is 11.1. The maximum Gasteiger partial charge on any atom is 0.471 e. The Labute approximate surface area is 210 Å². The fourth-order valence-electron chi connectivity index (χ4n) is 5.22. The van der Waals surface area contributed by atoms with Crippen molar-refractivity contribution in [1.29, 1.82) is 0 Å². The second-order valence-corrected chi connectivity index (χ2v) is 11.1. The molecule has 1 fully saturated rings. The highest BCUT2D eigenvalue weighted by molar-refractivity contribution is 6.14. The van der Waals surface area contributed by atoms with Crippen LogP contribution in [0.2, 0.25) is 0 Å². The number of amides is 1. The molecule has 1 saturated heterocycles. The first-order chi connectivity index (χ1) is 16.9. The molecule has 3 aliphatic heterocycles. The minimum Gasteiger partial charge on any atom is -0.459 e. The molecule has 7 nitrogen and oxygen atoms in total. The number of esters is 1. The lowest BCUT2D eigenvalue weighted by atomic mass is 9.91. The number of fused-ring (bicyclic) bond motifs is 1. The van der Waals surface area contributed by atoms with Crippen LogP contribution in [0.25, 0.3) is 0 Å². The van der Waals surface area contributed by atoms with E-state index in [-0.39, 0.29) is 19.1 Å². The number of carbonyl (C=O) groups is 2. The molecule has 10 heteroatoms. The maximum atomic E-state index is 12.8. The molecule has 0 unspecified atom stereocenters. The molecule has 0 aromatic rings. The number of carbonyl (C=O) groups excluding carboxylic acids is 2. The van der Waals surface area contributed by atoms with Crippen LogP contribution in [-0.4, -0.2) is 77.7 Å². The summed E-state index contributed by atoms with van der Waals surface area (Å²) >= 11 is 0. The van der Waals surface area contributed by atoms with Gasteiger partial charge in [0.2, 0.25) is 0 Å². The van der Waals surface area contributed by atoms with Gasteiger partial charge in [-0.3, -0.25) is 14.5 Å². The molecule has 0 N–H and O–H groups in total. The van der Waals surface area contributed by atoms with Crippen LogP contribution < -0.4 is 0 Å². The van der Waals surface area contributed by atoms with Crippen LogP contribution in [0.3, 0.4) is 0 Å². The lowest BCUT2D eigenvalue weighted by Gasteiger charge is -2.32. The normalized spacial score (nSPS) is 21.8. The molecule has 3 heterocycles. The predicted molar refractivity (Wildman–Crippen MR) is 131 cm³/mol. The Morgan fingerprint density at radius 1 is 1.06 bits per heavy atom. The van der Waals surface area contributed by atoms with E-state index >= 15 is 0 Å². The predicted octanol–water partition coefficient (Wildman–Crippen LogP) is 4.44. The molecule has 0 radical (unpaired) electrons. The zero-order valence-electron chi connectivity index (χ0n) is 21.3. The summed E-state index contributed by atoms with van der Waals surface area (Å²) in [6, 6.07) is 0. The van der Waals surface area contributed by atoms with Gasteiger partial charge in [-0.25, -0.2) is 9.98 Å². The van der Waals surface area contributed by atoms with Gasteiger partial charge in [-0.2, -0.15) is 13.2 Å². The molecule has 36 heavy (non-hydrogen) atoms. The van der Waals surface area contributed by atoms with Gasteiger partial charge in [0.15, 0.2) is 0 Å². The van der Waals surface area contributed by atoms with Gasteiger partial charge in [0.05, 0.1) is 18.0 Å². The van der Waals surface area contributed by atoms with Crippen LogP contribution in [0.1, 0.15) is 65.7 Å². The molecule has 4 aliphatic rings. The van der Waals surface area contributed by atoms with E-state index < -0.39 is 17.7 Å². The Kier molecular flexibility index (Phi) is 7.73. The van der Waals surface area contributed by atoms with Crippen molar-refractivity contribution in [2.75, 3.05) is 32.7 Å². The molecular weight excluding hydrogens is 473 g/mol. The fourth-order valence-corrected chi connectivity index (χ4v) is 5.22. The van der Waals surface area contributed by atoms with Crippen LogP contribution >= 0.6 is 0 Å². The molecule has 4 rings (SSSR count). The minimum atomic E-state index is -4.84. The van der Waals surface area contributed by atoms with Crippen molar-refractivity contribution >= 4 is 23.4 Å². The van der Waals surface area contributed by atoms with E-state index in [9.17, 15) is 22.8 Å². The largest absolute Gasteiger partial charge is 0.471 e. The summed E-state index contributed by atoms with van der Waals surface area (Å²) in [6.07, 6.45) is 2.36. The molecule has 0 atom stereocenters. The highest BCUT2D eigenvalue weighted by Gasteiger charge is 2.43. The minimum absolute atomic E-state index is 0.0661. The molecule has 198 valence electrons. The molecule has 1 amide bonds. The van der Waals surface area contributed by atoms with Gasteiger partial charge in [-0.1, -0.05) is 5.57 Å². The third-order valence-electron chi connectivity index (χ3n) is 7.08. The lowest BCUT2D eigenvalue weighted by molar-refractivity contribution is -0.185. The molecule has 0 aromatic heterocycles. The smallest absolute Gasteiger partial charge is 0.459 e. The van der Waals surface area contributed by atoms with Crippen LogP contribution in [-0.2, 0) is 14.3 Å². The quantitative estimate of drug-likeness (QED) is 0.515. The van der Waals surface area contributed by atoms with Gasteiger partial charge in [-0.15, -0.1) is 0 Å². The highest BCUT2D eigenvalue weighted by atomic mass is 19.4. The third-order valence-corrected chi connectivity index (χ3v) is 7.08. The van der Waals surface area contributed by atoms with Crippen molar-refractivity contribution in [2.45, 2.75) is 77.5 Å². The fraction of sp³-hybridized carbons (Fsp3) is 0.692.